The molecular formula is C18H21N7O2S. The monoisotopic (exact) mass is 399 g/mol. The molecule has 0 bridgehead atoms. The normalized spacial score (nSPS) is 15.7. The van der Waals surface area contributed by atoms with Crippen LogP contribution in [-0.4, -0.2) is 64.3 Å². The van der Waals surface area contributed by atoms with Crippen molar-refractivity contribution in [2.75, 3.05) is 31.1 Å². The van der Waals surface area contributed by atoms with Gasteiger partial charge in [0.05, 0.1) is 17.1 Å². The molecule has 4 heterocycles. The Morgan fingerprint density at radius 3 is 2.32 bits per heavy atom. The van der Waals surface area contributed by atoms with Gasteiger partial charge in [0.25, 0.3) is 0 Å². The molecule has 3 aromatic heterocycles. The maximum Gasteiger partial charge on any atom is 0.246 e. The van der Waals surface area contributed by atoms with Crippen LogP contribution in [-0.2, 0) is 10.0 Å². The topological polar surface area (TPSA) is 108 Å². The second-order valence-electron chi connectivity index (χ2n) is 6.65. The van der Waals surface area contributed by atoms with E-state index in [1.54, 1.807) is 20.0 Å². The third kappa shape index (κ3) is 3.36. The standard InChI is InChI=1S/C18H21N7O2S/c1-13-18(14(2)21-20-13)28(26,27)25-11-9-24(10-12-25)17-7-6-16(22-23-17)15-5-3-4-8-19-15/h3-8H,9-12H2,1-2H3,(H,20,21). The number of anilines is 1. The summed E-state index contributed by atoms with van der Waals surface area (Å²) in [4.78, 5) is 6.59. The molecule has 0 radical (unpaired) electrons. The summed E-state index contributed by atoms with van der Waals surface area (Å²) < 4.78 is 27.4. The average Bonchev–Trinajstić information content (AvgIpc) is 3.08. The highest BCUT2D eigenvalue weighted by atomic mass is 32.2. The number of hydrogen-bond donors (Lipinski definition) is 1. The van der Waals surface area contributed by atoms with Crippen molar-refractivity contribution in [1.82, 2.24) is 29.7 Å². The molecule has 0 atom stereocenters. The van der Waals surface area contributed by atoms with E-state index in [-0.39, 0.29) is 4.90 Å². The van der Waals surface area contributed by atoms with E-state index < -0.39 is 10.0 Å². The van der Waals surface area contributed by atoms with Crippen LogP contribution >= 0.6 is 0 Å². The molecule has 10 heteroatoms. The van der Waals surface area contributed by atoms with E-state index in [9.17, 15) is 8.42 Å². The largest absolute Gasteiger partial charge is 0.352 e. The van der Waals surface area contributed by atoms with E-state index in [4.69, 9.17) is 0 Å². The van der Waals surface area contributed by atoms with Gasteiger partial charge in [-0.15, -0.1) is 10.2 Å². The first-order valence-electron chi connectivity index (χ1n) is 8.98. The summed E-state index contributed by atoms with van der Waals surface area (Å²) in [6.07, 6.45) is 1.72. The summed E-state index contributed by atoms with van der Waals surface area (Å²) in [5.41, 5.74) is 2.53. The summed E-state index contributed by atoms with van der Waals surface area (Å²) in [6.45, 7) is 5.29. The SMILES string of the molecule is Cc1n[nH]c(C)c1S(=O)(=O)N1CCN(c2ccc(-c3ccccn3)nn2)CC1. The van der Waals surface area contributed by atoms with Gasteiger partial charge in [-0.1, -0.05) is 6.07 Å². The van der Waals surface area contributed by atoms with Crippen LogP contribution in [0.5, 0.6) is 0 Å². The summed E-state index contributed by atoms with van der Waals surface area (Å²) in [6, 6.07) is 9.41. The van der Waals surface area contributed by atoms with E-state index >= 15 is 0 Å². The average molecular weight is 399 g/mol. The lowest BCUT2D eigenvalue weighted by molar-refractivity contribution is 0.383. The van der Waals surface area contributed by atoms with Gasteiger partial charge in [-0.25, -0.2) is 8.42 Å². The van der Waals surface area contributed by atoms with Crippen molar-refractivity contribution in [1.29, 1.82) is 0 Å². The van der Waals surface area contributed by atoms with Crippen molar-refractivity contribution < 1.29 is 8.42 Å². The van der Waals surface area contributed by atoms with Crippen LogP contribution in [0.4, 0.5) is 5.82 Å². The van der Waals surface area contributed by atoms with Gasteiger partial charge < -0.3 is 4.90 Å². The maximum absolute atomic E-state index is 12.9. The van der Waals surface area contributed by atoms with Crippen molar-refractivity contribution in [3.63, 3.8) is 0 Å². The van der Waals surface area contributed by atoms with E-state index in [0.29, 0.717) is 43.3 Å². The highest BCUT2D eigenvalue weighted by Gasteiger charge is 2.32. The molecule has 1 aliphatic heterocycles. The molecule has 1 aliphatic rings. The van der Waals surface area contributed by atoms with Gasteiger partial charge >= 0.3 is 0 Å². The Balaban J connectivity index is 1.46. The van der Waals surface area contributed by atoms with Crippen LogP contribution in [0.3, 0.4) is 0 Å². The predicted octanol–water partition coefficient (Wildman–Crippen LogP) is 1.39. The van der Waals surface area contributed by atoms with Gasteiger partial charge in [-0.3, -0.25) is 10.1 Å². The fourth-order valence-corrected chi connectivity index (χ4v) is 5.11. The Kier molecular flexibility index (Phi) is 4.82. The summed E-state index contributed by atoms with van der Waals surface area (Å²) in [7, 11) is -3.56. The predicted molar refractivity (Wildman–Crippen MR) is 104 cm³/mol. The van der Waals surface area contributed by atoms with Crippen molar-refractivity contribution in [3.05, 3.63) is 47.9 Å². The van der Waals surface area contributed by atoms with Gasteiger partial charge in [-0.2, -0.15) is 9.40 Å². The summed E-state index contributed by atoms with van der Waals surface area (Å²) >= 11 is 0. The third-order valence-corrected chi connectivity index (χ3v) is 6.96. The molecule has 3 aromatic rings. The molecule has 28 heavy (non-hydrogen) atoms. The molecule has 1 N–H and O–H groups in total. The van der Waals surface area contributed by atoms with E-state index in [1.807, 2.05) is 35.2 Å². The lowest BCUT2D eigenvalue weighted by Crippen LogP contribution is -2.49. The Morgan fingerprint density at radius 1 is 0.964 bits per heavy atom. The van der Waals surface area contributed by atoms with E-state index in [2.05, 4.69) is 25.4 Å². The number of nitrogens with one attached hydrogen (secondary N) is 1. The molecule has 0 aliphatic carbocycles. The van der Waals surface area contributed by atoms with Crippen molar-refractivity contribution in [2.24, 2.45) is 0 Å². The number of rotatable bonds is 4. The number of H-pyrrole nitrogens is 1. The highest BCUT2D eigenvalue weighted by molar-refractivity contribution is 7.89. The van der Waals surface area contributed by atoms with Crippen LogP contribution in [0.2, 0.25) is 0 Å². The second kappa shape index (κ2) is 7.28. The minimum atomic E-state index is -3.56. The van der Waals surface area contributed by atoms with Crippen LogP contribution in [0.1, 0.15) is 11.4 Å². The third-order valence-electron chi connectivity index (χ3n) is 4.80. The number of nitrogens with zero attached hydrogens (tertiary/aromatic N) is 6. The molecule has 0 aromatic carbocycles. The van der Waals surface area contributed by atoms with Crippen molar-refractivity contribution in [2.45, 2.75) is 18.7 Å². The van der Waals surface area contributed by atoms with Crippen LogP contribution < -0.4 is 4.90 Å². The zero-order chi connectivity index (χ0) is 19.7. The van der Waals surface area contributed by atoms with Gasteiger partial charge in [0.1, 0.15) is 10.6 Å². The Hall–Kier alpha value is -2.85. The minimum absolute atomic E-state index is 0.278. The number of hydrogen-bond acceptors (Lipinski definition) is 7. The Labute approximate surface area is 163 Å². The van der Waals surface area contributed by atoms with Crippen LogP contribution in [0.25, 0.3) is 11.4 Å². The Bertz CT molecular complexity index is 1040. The fraction of sp³-hybridized carbons (Fsp3) is 0.333. The van der Waals surface area contributed by atoms with Crippen molar-refractivity contribution in [3.8, 4) is 11.4 Å². The smallest absolute Gasteiger partial charge is 0.246 e. The summed E-state index contributed by atoms with van der Waals surface area (Å²) in [5.74, 6) is 0.729. The molecule has 0 unspecified atom stereocenters. The fourth-order valence-electron chi connectivity index (χ4n) is 3.35. The first kappa shape index (κ1) is 18.5. The quantitative estimate of drug-likeness (QED) is 0.706. The molecule has 1 saturated heterocycles. The number of aryl methyl sites for hydroxylation is 2. The molecule has 0 saturated carbocycles. The van der Waals surface area contributed by atoms with Crippen LogP contribution in [0, 0.1) is 13.8 Å². The lowest BCUT2D eigenvalue weighted by Gasteiger charge is -2.34. The second-order valence-corrected chi connectivity index (χ2v) is 8.52. The maximum atomic E-state index is 12.9. The van der Waals surface area contributed by atoms with Gasteiger partial charge in [-0.05, 0) is 38.1 Å². The highest BCUT2D eigenvalue weighted by Crippen LogP contribution is 2.24. The molecule has 9 nitrogen and oxygen atoms in total. The molecular weight excluding hydrogens is 378 g/mol. The van der Waals surface area contributed by atoms with Gasteiger partial charge in [0, 0.05) is 32.4 Å². The number of sulfonamides is 1. The first-order valence-corrected chi connectivity index (χ1v) is 10.4. The molecule has 1 fully saturated rings. The zero-order valence-electron chi connectivity index (χ0n) is 15.7. The molecule has 4 rings (SSSR count). The number of aromatic amines is 1. The first-order chi connectivity index (χ1) is 13.5. The molecule has 0 amide bonds. The number of piperazine rings is 1. The van der Waals surface area contributed by atoms with E-state index in [0.717, 1.165) is 11.5 Å². The summed E-state index contributed by atoms with van der Waals surface area (Å²) in [5, 5.41) is 15.3. The molecule has 146 valence electrons. The van der Waals surface area contributed by atoms with Gasteiger partial charge in [0.2, 0.25) is 10.0 Å². The van der Waals surface area contributed by atoms with Crippen LogP contribution in [0.15, 0.2) is 41.4 Å². The van der Waals surface area contributed by atoms with Crippen molar-refractivity contribution >= 4 is 15.8 Å². The van der Waals surface area contributed by atoms with E-state index in [1.165, 1.54) is 4.31 Å². The number of pyridine rings is 1. The van der Waals surface area contributed by atoms with Gasteiger partial charge in [0.15, 0.2) is 5.82 Å². The molecule has 0 spiro atoms. The number of aromatic nitrogens is 5. The zero-order valence-corrected chi connectivity index (χ0v) is 16.5. The lowest BCUT2D eigenvalue weighted by atomic mass is 10.2. The Morgan fingerprint density at radius 2 is 1.75 bits per heavy atom. The minimum Gasteiger partial charge on any atom is -0.352 e.